The summed E-state index contributed by atoms with van der Waals surface area (Å²) in [5.41, 5.74) is 2.31. The monoisotopic (exact) mass is 435 g/mol. The molecule has 0 N–H and O–H groups in total. The second-order valence-corrected chi connectivity index (χ2v) is 6.70. The van der Waals surface area contributed by atoms with E-state index in [1.165, 1.54) is 6.08 Å². The van der Waals surface area contributed by atoms with Gasteiger partial charge < -0.3 is 9.15 Å². The molecule has 6 nitrogen and oxygen atoms in total. The smallest absolute Gasteiger partial charge is 0.331 e. The number of aromatic nitrogens is 3. The Bertz CT molecular complexity index is 1170. The summed E-state index contributed by atoms with van der Waals surface area (Å²) < 4.78 is 11.5. The van der Waals surface area contributed by atoms with Gasteiger partial charge >= 0.3 is 5.97 Å². The number of carbonyl (C=O) groups is 1. The molecule has 0 radical (unpaired) electrons. The van der Waals surface area contributed by atoms with Gasteiger partial charge in [0.1, 0.15) is 0 Å². The molecule has 4 rings (SSSR count). The lowest BCUT2D eigenvalue weighted by Crippen LogP contribution is -2.01. The minimum absolute atomic E-state index is 0.105. The Balaban J connectivity index is 1.38. The molecule has 138 valence electrons. The number of benzene rings is 2. The molecular weight excluding hydrogens is 422 g/mol. The number of nitrogens with zero attached hydrogens (tertiary/aromatic N) is 3. The first kappa shape index (κ1) is 18.1. The number of hydrogen-bond acceptors (Lipinski definition) is 6. The molecule has 28 heavy (non-hydrogen) atoms. The van der Waals surface area contributed by atoms with Crippen LogP contribution in [0.15, 0.2) is 75.6 Å². The quantitative estimate of drug-likeness (QED) is 0.330. The van der Waals surface area contributed by atoms with Crippen LogP contribution in [0.1, 0.15) is 11.6 Å². The van der Waals surface area contributed by atoms with E-state index >= 15 is 0 Å². The number of esters is 1. The number of ether oxygens (including phenoxy) is 1. The van der Waals surface area contributed by atoms with Crippen molar-refractivity contribution >= 4 is 38.9 Å². The molecule has 0 saturated carbocycles. The van der Waals surface area contributed by atoms with E-state index in [2.05, 4.69) is 31.1 Å². The summed E-state index contributed by atoms with van der Waals surface area (Å²) in [7, 11) is 0. The number of fused-ring (bicyclic) bond motifs is 1. The Labute approximate surface area is 169 Å². The van der Waals surface area contributed by atoms with Gasteiger partial charge in [-0.1, -0.05) is 36.4 Å². The molecule has 0 amide bonds. The van der Waals surface area contributed by atoms with Crippen molar-refractivity contribution in [3.8, 4) is 11.5 Å². The van der Waals surface area contributed by atoms with E-state index in [9.17, 15) is 4.79 Å². The molecule has 4 aromatic rings. The maximum absolute atomic E-state index is 12.0. The summed E-state index contributed by atoms with van der Waals surface area (Å²) in [6.07, 6.45) is 2.93. The minimum Gasteiger partial charge on any atom is -0.452 e. The summed E-state index contributed by atoms with van der Waals surface area (Å²) in [6, 6.07) is 19.1. The normalized spacial score (nSPS) is 11.2. The largest absolute Gasteiger partial charge is 0.452 e. The van der Waals surface area contributed by atoms with Gasteiger partial charge in [0.2, 0.25) is 5.89 Å². The van der Waals surface area contributed by atoms with Crippen LogP contribution >= 0.6 is 15.9 Å². The highest BCUT2D eigenvalue weighted by atomic mass is 79.9. The van der Waals surface area contributed by atoms with Gasteiger partial charge in [-0.25, -0.2) is 9.78 Å². The van der Waals surface area contributed by atoms with E-state index < -0.39 is 5.97 Å². The number of halogens is 1. The standard InChI is InChI=1S/C21H14BrN3O3/c22-17-7-3-2-6-16(17)21-25-24-19(28-21)13-27-20(26)12-11-15-10-9-14-5-1-4-8-18(14)23-15/h1-12H,13H2/b12-11+. The number of para-hydroxylation sites is 1. The zero-order valence-electron chi connectivity index (χ0n) is 14.6. The maximum atomic E-state index is 12.0. The van der Waals surface area contributed by atoms with Crippen molar-refractivity contribution in [2.75, 3.05) is 0 Å². The lowest BCUT2D eigenvalue weighted by atomic mass is 10.2. The molecule has 0 bridgehead atoms. The van der Waals surface area contributed by atoms with Gasteiger partial charge in [0.25, 0.3) is 5.89 Å². The van der Waals surface area contributed by atoms with Crippen molar-refractivity contribution in [2.45, 2.75) is 6.61 Å². The first-order valence-electron chi connectivity index (χ1n) is 8.47. The van der Waals surface area contributed by atoms with Gasteiger partial charge in [-0.3, -0.25) is 0 Å². The van der Waals surface area contributed by atoms with Crippen molar-refractivity contribution in [3.63, 3.8) is 0 Å². The summed E-state index contributed by atoms with van der Waals surface area (Å²) in [5, 5.41) is 8.93. The topological polar surface area (TPSA) is 78.1 Å². The van der Waals surface area contributed by atoms with Crippen LogP contribution in [0.5, 0.6) is 0 Å². The van der Waals surface area contributed by atoms with Crippen molar-refractivity contribution < 1.29 is 13.9 Å². The molecular formula is C21H14BrN3O3. The van der Waals surface area contributed by atoms with Gasteiger partial charge in [0.15, 0.2) is 6.61 Å². The van der Waals surface area contributed by atoms with Crippen molar-refractivity contribution in [2.24, 2.45) is 0 Å². The molecule has 2 aromatic heterocycles. The van der Waals surface area contributed by atoms with Gasteiger partial charge in [-0.2, -0.15) is 0 Å². The summed E-state index contributed by atoms with van der Waals surface area (Å²) in [6.45, 7) is -0.105. The van der Waals surface area contributed by atoms with E-state index in [1.54, 1.807) is 6.08 Å². The molecule has 0 aliphatic rings. The molecule has 0 spiro atoms. The Morgan fingerprint density at radius 3 is 2.75 bits per heavy atom. The van der Waals surface area contributed by atoms with Gasteiger partial charge in [-0.15, -0.1) is 10.2 Å². The molecule has 0 aliphatic heterocycles. The van der Waals surface area contributed by atoms with Gasteiger partial charge in [-0.05, 0) is 46.3 Å². The molecule has 0 saturated heterocycles. The van der Waals surface area contributed by atoms with Crippen molar-refractivity contribution in [1.82, 2.24) is 15.2 Å². The first-order valence-corrected chi connectivity index (χ1v) is 9.26. The Morgan fingerprint density at radius 1 is 1.04 bits per heavy atom. The second-order valence-electron chi connectivity index (χ2n) is 5.85. The highest BCUT2D eigenvalue weighted by Crippen LogP contribution is 2.26. The number of rotatable bonds is 5. The van der Waals surface area contributed by atoms with E-state index in [4.69, 9.17) is 9.15 Å². The Morgan fingerprint density at radius 2 is 1.86 bits per heavy atom. The van der Waals surface area contributed by atoms with E-state index in [0.717, 1.165) is 20.9 Å². The highest BCUT2D eigenvalue weighted by Gasteiger charge is 2.12. The van der Waals surface area contributed by atoms with Crippen LogP contribution in [-0.2, 0) is 16.1 Å². The Hall–Kier alpha value is -3.32. The van der Waals surface area contributed by atoms with Crippen LogP contribution in [0.4, 0.5) is 0 Å². The van der Waals surface area contributed by atoms with Crippen LogP contribution in [0.25, 0.3) is 28.4 Å². The molecule has 0 atom stereocenters. The molecule has 0 unspecified atom stereocenters. The van der Waals surface area contributed by atoms with Gasteiger partial charge in [0, 0.05) is 15.9 Å². The fourth-order valence-electron chi connectivity index (χ4n) is 2.56. The van der Waals surface area contributed by atoms with Crippen molar-refractivity contribution in [3.05, 3.63) is 82.8 Å². The van der Waals surface area contributed by atoms with E-state index in [1.807, 2.05) is 60.7 Å². The third kappa shape index (κ3) is 4.15. The summed E-state index contributed by atoms with van der Waals surface area (Å²) in [5.74, 6) is 0.0568. The fourth-order valence-corrected chi connectivity index (χ4v) is 3.02. The van der Waals surface area contributed by atoms with E-state index in [-0.39, 0.29) is 12.5 Å². The average Bonchev–Trinajstić information content (AvgIpc) is 3.19. The van der Waals surface area contributed by atoms with Crippen LogP contribution in [0.3, 0.4) is 0 Å². The fraction of sp³-hybridized carbons (Fsp3) is 0.0476. The predicted molar refractivity (Wildman–Crippen MR) is 108 cm³/mol. The third-order valence-corrected chi connectivity index (χ3v) is 4.61. The Kier molecular flexibility index (Phi) is 5.25. The molecule has 2 heterocycles. The average molecular weight is 436 g/mol. The minimum atomic E-state index is -0.518. The van der Waals surface area contributed by atoms with E-state index in [0.29, 0.717) is 11.6 Å². The van der Waals surface area contributed by atoms with Crippen LogP contribution in [-0.4, -0.2) is 21.2 Å². The van der Waals surface area contributed by atoms with Crippen molar-refractivity contribution in [1.29, 1.82) is 0 Å². The second kappa shape index (κ2) is 8.14. The molecule has 2 aromatic carbocycles. The lowest BCUT2D eigenvalue weighted by molar-refractivity contribution is -0.139. The number of carbonyl (C=O) groups excluding carboxylic acids is 1. The number of pyridine rings is 1. The summed E-state index contributed by atoms with van der Waals surface area (Å²) in [4.78, 5) is 16.4. The molecule has 0 fully saturated rings. The molecule has 0 aliphatic carbocycles. The first-order chi connectivity index (χ1) is 13.7. The maximum Gasteiger partial charge on any atom is 0.331 e. The van der Waals surface area contributed by atoms with Crippen LogP contribution in [0, 0.1) is 0 Å². The number of hydrogen-bond donors (Lipinski definition) is 0. The zero-order chi connectivity index (χ0) is 19.3. The SMILES string of the molecule is O=C(/C=C/c1ccc2ccccc2n1)OCc1nnc(-c2ccccc2Br)o1. The highest BCUT2D eigenvalue weighted by molar-refractivity contribution is 9.10. The summed E-state index contributed by atoms with van der Waals surface area (Å²) >= 11 is 3.43. The lowest BCUT2D eigenvalue weighted by Gasteiger charge is -1.99. The van der Waals surface area contributed by atoms with Crippen LogP contribution in [0.2, 0.25) is 0 Å². The third-order valence-electron chi connectivity index (χ3n) is 3.92. The predicted octanol–water partition coefficient (Wildman–Crippen LogP) is 4.80. The molecule has 7 heteroatoms. The zero-order valence-corrected chi connectivity index (χ0v) is 16.2. The van der Waals surface area contributed by atoms with Gasteiger partial charge in [0.05, 0.1) is 16.8 Å². The van der Waals surface area contributed by atoms with Crippen LogP contribution < -0.4 is 0 Å².